The van der Waals surface area contributed by atoms with E-state index in [9.17, 15) is 10.1 Å². The van der Waals surface area contributed by atoms with Crippen molar-refractivity contribution in [3.8, 4) is 11.6 Å². The van der Waals surface area contributed by atoms with Gasteiger partial charge in [0.15, 0.2) is 0 Å². The van der Waals surface area contributed by atoms with Crippen LogP contribution < -0.4 is 16.0 Å². The lowest BCUT2D eigenvalue weighted by molar-refractivity contribution is -0.385. The third-order valence-corrected chi connectivity index (χ3v) is 2.55. The van der Waals surface area contributed by atoms with Gasteiger partial charge in [-0.05, 0) is 26.0 Å². The molecule has 8 heteroatoms. The van der Waals surface area contributed by atoms with E-state index in [0.717, 1.165) is 0 Å². The van der Waals surface area contributed by atoms with Gasteiger partial charge < -0.3 is 4.74 Å². The lowest BCUT2D eigenvalue weighted by Gasteiger charge is -2.08. The number of rotatable bonds is 4. The number of ether oxygens (including phenoxy) is 1. The van der Waals surface area contributed by atoms with Crippen LogP contribution in [0.2, 0.25) is 0 Å². The molecule has 0 atom stereocenters. The number of nitrogens with two attached hydrogens (primary N) is 1. The summed E-state index contributed by atoms with van der Waals surface area (Å²) >= 11 is 0. The summed E-state index contributed by atoms with van der Waals surface area (Å²) in [4.78, 5) is 18.4. The van der Waals surface area contributed by atoms with Gasteiger partial charge in [0.25, 0.3) is 5.69 Å². The number of nitrogens with one attached hydrogen (secondary N) is 1. The molecule has 0 amide bonds. The zero-order valence-electron chi connectivity index (χ0n) is 11.0. The number of hydrazine groups is 1. The zero-order chi connectivity index (χ0) is 14.7. The molecule has 2 aromatic rings. The Kier molecular flexibility index (Phi) is 3.76. The molecule has 1 aromatic carbocycles. The topological polar surface area (TPSA) is 116 Å². The van der Waals surface area contributed by atoms with E-state index >= 15 is 0 Å². The number of nitro benzene ring substituents is 1. The Hall–Kier alpha value is -2.74. The molecule has 20 heavy (non-hydrogen) atoms. The van der Waals surface area contributed by atoms with E-state index in [4.69, 9.17) is 10.6 Å². The van der Waals surface area contributed by atoms with E-state index in [1.807, 2.05) is 0 Å². The van der Waals surface area contributed by atoms with Crippen molar-refractivity contribution in [2.45, 2.75) is 13.8 Å². The van der Waals surface area contributed by atoms with Crippen molar-refractivity contribution >= 4 is 11.6 Å². The molecule has 3 N–H and O–H groups in total. The van der Waals surface area contributed by atoms with Crippen LogP contribution in [0, 0.1) is 24.0 Å². The molecule has 0 bridgehead atoms. The second-order valence-electron chi connectivity index (χ2n) is 4.12. The van der Waals surface area contributed by atoms with Crippen LogP contribution in [0.25, 0.3) is 0 Å². The maximum absolute atomic E-state index is 10.7. The third kappa shape index (κ3) is 2.98. The number of hydrogen-bond donors (Lipinski definition) is 2. The highest BCUT2D eigenvalue weighted by Gasteiger charge is 2.11. The van der Waals surface area contributed by atoms with Crippen molar-refractivity contribution in [1.82, 2.24) is 9.97 Å². The lowest BCUT2D eigenvalue weighted by Crippen LogP contribution is -2.11. The van der Waals surface area contributed by atoms with Crippen LogP contribution in [-0.4, -0.2) is 14.9 Å². The summed E-state index contributed by atoms with van der Waals surface area (Å²) in [5, 5.41) is 10.7. The second-order valence-corrected chi connectivity index (χ2v) is 4.12. The zero-order valence-corrected chi connectivity index (χ0v) is 11.0. The number of aromatic nitrogens is 2. The standard InChI is InChI=1S/C12H13N5O3/c1-7-5-9(3-4-10(7)17(18)19)20-11-6-8(2)14-12(15-11)16-13/h3-6H,13H2,1-2H3,(H,14,15,16). The van der Waals surface area contributed by atoms with E-state index in [0.29, 0.717) is 22.9 Å². The molecule has 0 radical (unpaired) electrons. The molecule has 8 nitrogen and oxygen atoms in total. The smallest absolute Gasteiger partial charge is 0.272 e. The largest absolute Gasteiger partial charge is 0.439 e. The van der Waals surface area contributed by atoms with Crippen LogP contribution in [0.3, 0.4) is 0 Å². The summed E-state index contributed by atoms with van der Waals surface area (Å²) in [6.07, 6.45) is 0. The summed E-state index contributed by atoms with van der Waals surface area (Å²) in [5.41, 5.74) is 3.57. The third-order valence-electron chi connectivity index (χ3n) is 2.55. The Bertz CT molecular complexity index is 660. The summed E-state index contributed by atoms with van der Waals surface area (Å²) in [6, 6.07) is 6.11. The van der Waals surface area contributed by atoms with Crippen LogP contribution in [0.4, 0.5) is 11.6 Å². The van der Waals surface area contributed by atoms with Crippen LogP contribution in [-0.2, 0) is 0 Å². The first-order chi connectivity index (χ1) is 9.49. The van der Waals surface area contributed by atoms with Crippen LogP contribution in [0.15, 0.2) is 24.3 Å². The van der Waals surface area contributed by atoms with E-state index in [1.165, 1.54) is 12.1 Å². The molecular formula is C12H13N5O3. The number of nitrogens with zero attached hydrogens (tertiary/aromatic N) is 3. The van der Waals surface area contributed by atoms with Gasteiger partial charge in [0.2, 0.25) is 11.8 Å². The maximum atomic E-state index is 10.7. The average molecular weight is 275 g/mol. The number of benzene rings is 1. The molecule has 0 aliphatic heterocycles. The molecular weight excluding hydrogens is 262 g/mol. The summed E-state index contributed by atoms with van der Waals surface area (Å²) < 4.78 is 5.55. The number of nitro groups is 1. The minimum atomic E-state index is -0.440. The molecule has 0 aliphatic rings. The predicted octanol–water partition coefficient (Wildman–Crippen LogP) is 2.08. The molecule has 0 aliphatic carbocycles. The van der Waals surface area contributed by atoms with Gasteiger partial charge in [-0.25, -0.2) is 10.8 Å². The minimum absolute atomic E-state index is 0.0422. The van der Waals surface area contributed by atoms with Crippen molar-refractivity contribution in [2.75, 3.05) is 5.43 Å². The van der Waals surface area contributed by atoms with Crippen molar-refractivity contribution in [2.24, 2.45) is 5.84 Å². The van der Waals surface area contributed by atoms with E-state index in [-0.39, 0.29) is 11.6 Å². The Labute approximate surface area is 114 Å². The lowest BCUT2D eigenvalue weighted by atomic mass is 10.2. The Morgan fingerprint density at radius 3 is 2.65 bits per heavy atom. The fraction of sp³-hybridized carbons (Fsp3) is 0.167. The van der Waals surface area contributed by atoms with E-state index in [2.05, 4.69) is 15.4 Å². The van der Waals surface area contributed by atoms with Gasteiger partial charge in [0.05, 0.1) is 4.92 Å². The first-order valence-electron chi connectivity index (χ1n) is 5.75. The predicted molar refractivity (Wildman–Crippen MR) is 72.5 cm³/mol. The molecule has 0 saturated heterocycles. The van der Waals surface area contributed by atoms with Crippen molar-refractivity contribution in [3.63, 3.8) is 0 Å². The quantitative estimate of drug-likeness (QED) is 0.498. The second kappa shape index (κ2) is 5.49. The summed E-state index contributed by atoms with van der Waals surface area (Å²) in [5.74, 6) is 6.24. The van der Waals surface area contributed by atoms with Gasteiger partial charge in [-0.2, -0.15) is 4.98 Å². The molecule has 0 fully saturated rings. The maximum Gasteiger partial charge on any atom is 0.272 e. The molecule has 0 unspecified atom stereocenters. The summed E-state index contributed by atoms with van der Waals surface area (Å²) in [6.45, 7) is 3.42. The number of anilines is 1. The van der Waals surface area contributed by atoms with Crippen LogP contribution in [0.5, 0.6) is 11.6 Å². The fourth-order valence-corrected chi connectivity index (χ4v) is 1.67. The summed E-state index contributed by atoms with van der Waals surface area (Å²) in [7, 11) is 0. The molecule has 0 saturated carbocycles. The van der Waals surface area contributed by atoms with Gasteiger partial charge in [-0.15, -0.1) is 0 Å². The number of nitrogen functional groups attached to an aromatic ring is 1. The van der Waals surface area contributed by atoms with Gasteiger partial charge in [-0.1, -0.05) is 0 Å². The number of hydrogen-bond acceptors (Lipinski definition) is 7. The molecule has 104 valence electrons. The molecule has 2 rings (SSSR count). The van der Waals surface area contributed by atoms with Gasteiger partial charge in [0, 0.05) is 23.4 Å². The van der Waals surface area contributed by atoms with Crippen LogP contribution in [0.1, 0.15) is 11.3 Å². The molecule has 1 heterocycles. The van der Waals surface area contributed by atoms with Crippen molar-refractivity contribution in [1.29, 1.82) is 0 Å². The Morgan fingerprint density at radius 1 is 1.30 bits per heavy atom. The Balaban J connectivity index is 2.28. The normalized spacial score (nSPS) is 10.2. The van der Waals surface area contributed by atoms with Crippen molar-refractivity contribution in [3.05, 3.63) is 45.6 Å². The Morgan fingerprint density at radius 2 is 2.05 bits per heavy atom. The highest BCUT2D eigenvalue weighted by molar-refractivity contribution is 5.45. The van der Waals surface area contributed by atoms with Gasteiger partial charge in [0.1, 0.15) is 5.75 Å². The minimum Gasteiger partial charge on any atom is -0.439 e. The fourth-order valence-electron chi connectivity index (χ4n) is 1.67. The van der Waals surface area contributed by atoms with Gasteiger partial charge in [-0.3, -0.25) is 15.5 Å². The highest BCUT2D eigenvalue weighted by Crippen LogP contribution is 2.26. The molecule has 0 spiro atoms. The first-order valence-corrected chi connectivity index (χ1v) is 5.75. The molecule has 1 aromatic heterocycles. The van der Waals surface area contributed by atoms with E-state index in [1.54, 1.807) is 26.0 Å². The average Bonchev–Trinajstić information content (AvgIpc) is 2.37. The monoisotopic (exact) mass is 275 g/mol. The first kappa shape index (κ1) is 13.7. The van der Waals surface area contributed by atoms with Gasteiger partial charge >= 0.3 is 0 Å². The SMILES string of the molecule is Cc1cc(Oc2ccc([N+](=O)[O-])c(C)c2)nc(NN)n1. The highest BCUT2D eigenvalue weighted by atomic mass is 16.6. The number of aryl methyl sites for hydroxylation is 2. The van der Waals surface area contributed by atoms with Crippen molar-refractivity contribution < 1.29 is 9.66 Å². The van der Waals surface area contributed by atoms with E-state index < -0.39 is 4.92 Å². The van der Waals surface area contributed by atoms with Crippen LogP contribution >= 0.6 is 0 Å².